The van der Waals surface area contributed by atoms with Crippen molar-refractivity contribution in [3.8, 4) is 0 Å². The molecular weight excluding hydrogens is 378 g/mol. The first-order valence-corrected chi connectivity index (χ1v) is 9.24. The highest BCUT2D eigenvalue weighted by Gasteiger charge is 2.11. The van der Waals surface area contributed by atoms with Gasteiger partial charge >= 0.3 is 5.97 Å². The molecule has 1 amide bonds. The van der Waals surface area contributed by atoms with Gasteiger partial charge < -0.3 is 10.1 Å². The molecule has 0 bridgehead atoms. The molecule has 7 heteroatoms. The van der Waals surface area contributed by atoms with E-state index in [2.05, 4.69) is 10.4 Å². The van der Waals surface area contributed by atoms with Crippen molar-refractivity contribution in [1.29, 1.82) is 0 Å². The largest absolute Gasteiger partial charge is 0.456 e. The van der Waals surface area contributed by atoms with Crippen molar-refractivity contribution in [2.24, 2.45) is 0 Å². The fraction of sp³-hybridized carbons (Fsp3) is 0.190. The molecule has 0 fully saturated rings. The second kappa shape index (κ2) is 9.71. The van der Waals surface area contributed by atoms with Gasteiger partial charge in [-0.15, -0.1) is 0 Å². The number of benzene rings is 2. The van der Waals surface area contributed by atoms with E-state index in [0.29, 0.717) is 23.8 Å². The highest BCUT2D eigenvalue weighted by Crippen LogP contribution is 2.18. The van der Waals surface area contributed by atoms with Crippen LogP contribution in [0.2, 0.25) is 5.02 Å². The SMILES string of the molecule is O=C(COC(=O)CCc1ccccc1)Nc1ccnn1Cc1ccccc1Cl. The van der Waals surface area contributed by atoms with Crippen LogP contribution in [0.25, 0.3) is 0 Å². The fourth-order valence-electron chi connectivity index (χ4n) is 2.64. The number of rotatable bonds is 8. The van der Waals surface area contributed by atoms with Gasteiger partial charge in [0.25, 0.3) is 5.91 Å². The second-order valence-corrected chi connectivity index (χ2v) is 6.57. The van der Waals surface area contributed by atoms with Crippen LogP contribution in [0.3, 0.4) is 0 Å². The number of anilines is 1. The summed E-state index contributed by atoms with van der Waals surface area (Å²) in [5.41, 5.74) is 1.93. The molecule has 1 heterocycles. The lowest BCUT2D eigenvalue weighted by Crippen LogP contribution is -2.23. The highest BCUT2D eigenvalue weighted by atomic mass is 35.5. The van der Waals surface area contributed by atoms with E-state index in [-0.39, 0.29) is 13.0 Å². The zero-order valence-electron chi connectivity index (χ0n) is 15.2. The zero-order valence-corrected chi connectivity index (χ0v) is 15.9. The van der Waals surface area contributed by atoms with E-state index in [1.807, 2.05) is 48.5 Å². The third kappa shape index (κ3) is 5.69. The van der Waals surface area contributed by atoms with Gasteiger partial charge in [0.15, 0.2) is 6.61 Å². The van der Waals surface area contributed by atoms with Gasteiger partial charge in [-0.2, -0.15) is 5.10 Å². The average molecular weight is 398 g/mol. The molecule has 1 aromatic heterocycles. The molecule has 0 radical (unpaired) electrons. The number of aromatic nitrogens is 2. The first kappa shape index (κ1) is 19.6. The third-order valence-corrected chi connectivity index (χ3v) is 4.46. The molecule has 28 heavy (non-hydrogen) atoms. The van der Waals surface area contributed by atoms with Crippen molar-refractivity contribution < 1.29 is 14.3 Å². The predicted molar refractivity (Wildman–Crippen MR) is 107 cm³/mol. The standard InChI is InChI=1S/C21H20ClN3O3/c22-18-9-5-4-8-17(18)14-25-19(12-13-23-25)24-20(26)15-28-21(27)11-10-16-6-2-1-3-7-16/h1-9,12-13H,10-11,14-15H2,(H,24,26). The molecule has 0 aliphatic rings. The predicted octanol–water partition coefficient (Wildman–Crippen LogP) is 3.70. The van der Waals surface area contributed by atoms with E-state index >= 15 is 0 Å². The van der Waals surface area contributed by atoms with Crippen LogP contribution in [0.5, 0.6) is 0 Å². The third-order valence-electron chi connectivity index (χ3n) is 4.09. The molecule has 3 aromatic rings. The van der Waals surface area contributed by atoms with Crippen LogP contribution in [0.15, 0.2) is 66.9 Å². The van der Waals surface area contributed by atoms with Gasteiger partial charge in [-0.05, 0) is 23.6 Å². The Hall–Kier alpha value is -3.12. The topological polar surface area (TPSA) is 73.2 Å². The summed E-state index contributed by atoms with van der Waals surface area (Å²) in [6.45, 7) is 0.0735. The van der Waals surface area contributed by atoms with Crippen molar-refractivity contribution in [3.63, 3.8) is 0 Å². The zero-order chi connectivity index (χ0) is 19.8. The Balaban J connectivity index is 1.47. The Morgan fingerprint density at radius 3 is 2.57 bits per heavy atom. The normalized spacial score (nSPS) is 10.5. The quantitative estimate of drug-likeness (QED) is 0.588. The first-order valence-electron chi connectivity index (χ1n) is 8.86. The smallest absolute Gasteiger partial charge is 0.306 e. The van der Waals surface area contributed by atoms with Gasteiger partial charge in [-0.1, -0.05) is 60.1 Å². The molecule has 3 rings (SSSR count). The van der Waals surface area contributed by atoms with Gasteiger partial charge in [-0.25, -0.2) is 4.68 Å². The number of aryl methyl sites for hydroxylation is 1. The number of carbonyl (C=O) groups is 2. The van der Waals surface area contributed by atoms with E-state index < -0.39 is 11.9 Å². The average Bonchev–Trinajstić information content (AvgIpc) is 3.14. The van der Waals surface area contributed by atoms with Crippen molar-refractivity contribution in [2.75, 3.05) is 11.9 Å². The molecule has 144 valence electrons. The number of nitrogens with zero attached hydrogens (tertiary/aromatic N) is 2. The number of amides is 1. The lowest BCUT2D eigenvalue weighted by atomic mass is 10.1. The summed E-state index contributed by atoms with van der Waals surface area (Å²) < 4.78 is 6.67. The molecule has 0 unspecified atom stereocenters. The number of carbonyl (C=O) groups excluding carboxylic acids is 2. The summed E-state index contributed by atoms with van der Waals surface area (Å²) in [6.07, 6.45) is 2.38. The Morgan fingerprint density at radius 1 is 1.04 bits per heavy atom. The lowest BCUT2D eigenvalue weighted by Gasteiger charge is -2.10. The van der Waals surface area contributed by atoms with E-state index in [1.165, 1.54) is 0 Å². The summed E-state index contributed by atoms with van der Waals surface area (Å²) in [5, 5.41) is 7.53. The van der Waals surface area contributed by atoms with Gasteiger partial charge in [-0.3, -0.25) is 9.59 Å². The van der Waals surface area contributed by atoms with Crippen LogP contribution in [0.1, 0.15) is 17.5 Å². The minimum absolute atomic E-state index is 0.224. The number of nitrogens with one attached hydrogen (secondary N) is 1. The summed E-state index contributed by atoms with van der Waals surface area (Å²) in [6, 6.07) is 18.7. The minimum Gasteiger partial charge on any atom is -0.456 e. The van der Waals surface area contributed by atoms with Gasteiger partial charge in [0.2, 0.25) is 0 Å². The highest BCUT2D eigenvalue weighted by molar-refractivity contribution is 6.31. The Labute approximate surface area is 168 Å². The second-order valence-electron chi connectivity index (χ2n) is 6.16. The van der Waals surface area contributed by atoms with Gasteiger partial charge in [0, 0.05) is 17.5 Å². The lowest BCUT2D eigenvalue weighted by molar-refractivity contribution is -0.147. The Morgan fingerprint density at radius 2 is 1.79 bits per heavy atom. The number of esters is 1. The van der Waals surface area contributed by atoms with Crippen LogP contribution in [0, 0.1) is 0 Å². The maximum Gasteiger partial charge on any atom is 0.306 e. The number of hydrogen-bond donors (Lipinski definition) is 1. The molecule has 0 saturated carbocycles. The molecule has 0 spiro atoms. The summed E-state index contributed by atoms with van der Waals surface area (Å²) in [5.74, 6) is -0.331. The van der Waals surface area contributed by atoms with Crippen LogP contribution >= 0.6 is 11.6 Å². The summed E-state index contributed by atoms with van der Waals surface area (Å²) in [7, 11) is 0. The van der Waals surface area contributed by atoms with E-state index in [9.17, 15) is 9.59 Å². The van der Waals surface area contributed by atoms with E-state index in [1.54, 1.807) is 23.0 Å². The number of halogens is 1. The monoisotopic (exact) mass is 397 g/mol. The fourth-order valence-corrected chi connectivity index (χ4v) is 2.84. The van der Waals surface area contributed by atoms with Crippen molar-refractivity contribution in [2.45, 2.75) is 19.4 Å². The summed E-state index contributed by atoms with van der Waals surface area (Å²) >= 11 is 6.17. The molecule has 0 aliphatic carbocycles. The minimum atomic E-state index is -0.422. The van der Waals surface area contributed by atoms with Gasteiger partial charge in [0.1, 0.15) is 5.82 Å². The van der Waals surface area contributed by atoms with Crippen molar-refractivity contribution in [1.82, 2.24) is 9.78 Å². The van der Waals surface area contributed by atoms with Crippen LogP contribution in [-0.4, -0.2) is 28.3 Å². The first-order chi connectivity index (χ1) is 13.6. The molecule has 0 aliphatic heterocycles. The molecule has 2 aromatic carbocycles. The summed E-state index contributed by atoms with van der Waals surface area (Å²) in [4.78, 5) is 23.9. The number of hydrogen-bond acceptors (Lipinski definition) is 4. The van der Waals surface area contributed by atoms with Crippen molar-refractivity contribution >= 4 is 29.3 Å². The van der Waals surface area contributed by atoms with Gasteiger partial charge in [0.05, 0.1) is 12.7 Å². The van der Waals surface area contributed by atoms with Crippen LogP contribution in [-0.2, 0) is 27.3 Å². The molecule has 0 atom stereocenters. The Kier molecular flexibility index (Phi) is 6.81. The Bertz CT molecular complexity index is 941. The van der Waals surface area contributed by atoms with E-state index in [4.69, 9.17) is 16.3 Å². The van der Waals surface area contributed by atoms with E-state index in [0.717, 1.165) is 11.1 Å². The molecule has 6 nitrogen and oxygen atoms in total. The maximum absolute atomic E-state index is 12.1. The number of ether oxygens (including phenoxy) is 1. The van der Waals surface area contributed by atoms with Crippen molar-refractivity contribution in [3.05, 3.63) is 83.0 Å². The van der Waals surface area contributed by atoms with Crippen LogP contribution < -0.4 is 5.32 Å². The maximum atomic E-state index is 12.1. The molecular formula is C21H20ClN3O3. The van der Waals surface area contributed by atoms with Crippen LogP contribution in [0.4, 0.5) is 5.82 Å². The molecule has 0 saturated heterocycles. The molecule has 1 N–H and O–H groups in total.